The maximum Gasteiger partial charge on any atom is 0.379 e. The minimum Gasteiger partial charge on any atom is -0.507 e. The lowest BCUT2D eigenvalue weighted by Gasteiger charge is -2.06. The Kier molecular flexibility index (Phi) is 5.11. The highest BCUT2D eigenvalue weighted by atomic mass is 16.6. The van der Waals surface area contributed by atoms with E-state index in [9.17, 15) is 19.5 Å². The third-order valence-electron chi connectivity index (χ3n) is 2.91. The van der Waals surface area contributed by atoms with E-state index in [1.807, 2.05) is 0 Å². The molecule has 0 radical (unpaired) electrons. The molecule has 6 heteroatoms. The predicted octanol–water partition coefficient (Wildman–Crippen LogP) is 2.61. The lowest BCUT2D eigenvalue weighted by atomic mass is 10.0. The Bertz CT molecular complexity index is 796. The average molecular weight is 326 g/mol. The molecule has 0 bridgehead atoms. The van der Waals surface area contributed by atoms with Crippen LogP contribution in [-0.4, -0.2) is 22.8 Å². The topological polar surface area (TPSA) is 93.2 Å². The summed E-state index contributed by atoms with van der Waals surface area (Å²) in [4.78, 5) is 32.5. The van der Waals surface area contributed by atoms with E-state index in [1.54, 1.807) is 30.3 Å². The van der Waals surface area contributed by atoms with Crippen LogP contribution in [0.3, 0.4) is 0 Å². The standard InChI is InChI=1S/C15H12O4.C3H2O2/c1-10(16)19-12-7-8-13(14(17)9-12)15(18)11-5-3-2-4-6-11;1-2-3(4)5-2/h2-9,17H,1H3;1H2. The molecule has 1 heterocycles. The Morgan fingerprint density at radius 3 is 2.17 bits per heavy atom. The fourth-order valence-electron chi connectivity index (χ4n) is 1.76. The second-order valence-corrected chi connectivity index (χ2v) is 4.78. The van der Waals surface area contributed by atoms with Gasteiger partial charge in [0.1, 0.15) is 11.5 Å². The van der Waals surface area contributed by atoms with Gasteiger partial charge in [0, 0.05) is 18.6 Å². The molecule has 6 nitrogen and oxygen atoms in total. The number of rotatable bonds is 3. The number of hydrogen-bond acceptors (Lipinski definition) is 6. The van der Waals surface area contributed by atoms with Crippen LogP contribution in [0.5, 0.6) is 11.5 Å². The van der Waals surface area contributed by atoms with Gasteiger partial charge >= 0.3 is 11.9 Å². The summed E-state index contributed by atoms with van der Waals surface area (Å²) in [6, 6.07) is 12.8. The molecule has 122 valence electrons. The molecule has 0 atom stereocenters. The van der Waals surface area contributed by atoms with Gasteiger partial charge in [-0.3, -0.25) is 9.59 Å². The van der Waals surface area contributed by atoms with Crippen molar-refractivity contribution in [1.29, 1.82) is 0 Å². The number of benzene rings is 2. The van der Waals surface area contributed by atoms with Crippen LogP contribution in [0, 0.1) is 0 Å². The first-order valence-electron chi connectivity index (χ1n) is 6.90. The van der Waals surface area contributed by atoms with Crippen LogP contribution in [-0.2, 0) is 14.3 Å². The molecular weight excluding hydrogens is 312 g/mol. The van der Waals surface area contributed by atoms with E-state index in [1.165, 1.54) is 25.1 Å². The molecule has 0 unspecified atom stereocenters. The van der Waals surface area contributed by atoms with E-state index >= 15 is 0 Å². The minimum atomic E-state index is -0.485. The zero-order chi connectivity index (χ0) is 17.7. The number of phenolic OH excluding ortho intramolecular Hbond substituents is 1. The van der Waals surface area contributed by atoms with Crippen LogP contribution >= 0.6 is 0 Å². The lowest BCUT2D eigenvalue weighted by molar-refractivity contribution is -0.131. The Morgan fingerprint density at radius 1 is 1.12 bits per heavy atom. The molecule has 2 aromatic rings. The Hall–Kier alpha value is -3.41. The highest BCUT2D eigenvalue weighted by molar-refractivity contribution is 6.10. The van der Waals surface area contributed by atoms with Crippen LogP contribution in [0.25, 0.3) is 0 Å². The van der Waals surface area contributed by atoms with Crippen molar-refractivity contribution in [2.24, 2.45) is 0 Å². The summed E-state index contributed by atoms with van der Waals surface area (Å²) in [7, 11) is 0. The fraction of sp³-hybridized carbons (Fsp3) is 0.0556. The molecule has 0 amide bonds. The normalized spacial score (nSPS) is 11.7. The van der Waals surface area contributed by atoms with Crippen molar-refractivity contribution in [3.05, 3.63) is 72.0 Å². The molecule has 0 spiro atoms. The second kappa shape index (κ2) is 7.23. The number of aromatic hydroxyl groups is 1. The molecular formula is C18H14O6. The van der Waals surface area contributed by atoms with Crippen molar-refractivity contribution in [2.45, 2.75) is 6.92 Å². The van der Waals surface area contributed by atoms with Crippen molar-refractivity contribution in [3.63, 3.8) is 0 Å². The molecule has 24 heavy (non-hydrogen) atoms. The van der Waals surface area contributed by atoms with Crippen LogP contribution in [0.1, 0.15) is 22.8 Å². The summed E-state index contributed by atoms with van der Waals surface area (Å²) in [5.41, 5.74) is 0.653. The van der Waals surface area contributed by atoms with Gasteiger partial charge in [-0.1, -0.05) is 30.3 Å². The highest BCUT2D eigenvalue weighted by Gasteiger charge is 2.26. The van der Waals surface area contributed by atoms with Gasteiger partial charge in [-0.05, 0) is 18.7 Å². The molecule has 1 aliphatic heterocycles. The molecule has 3 rings (SSSR count). The predicted molar refractivity (Wildman–Crippen MR) is 84.5 cm³/mol. The van der Waals surface area contributed by atoms with E-state index in [4.69, 9.17) is 4.74 Å². The third kappa shape index (κ3) is 4.54. The molecule has 1 fully saturated rings. The van der Waals surface area contributed by atoms with Gasteiger partial charge < -0.3 is 14.6 Å². The summed E-state index contributed by atoms with van der Waals surface area (Å²) in [5.74, 6) is -0.772. The van der Waals surface area contributed by atoms with Gasteiger partial charge in [0.2, 0.25) is 5.76 Å². The summed E-state index contributed by atoms with van der Waals surface area (Å²) in [6.07, 6.45) is 0. The van der Waals surface area contributed by atoms with Crippen molar-refractivity contribution < 1.29 is 29.0 Å². The van der Waals surface area contributed by atoms with Crippen molar-refractivity contribution >= 4 is 17.7 Å². The van der Waals surface area contributed by atoms with E-state index < -0.39 is 5.97 Å². The van der Waals surface area contributed by atoms with Crippen LogP contribution < -0.4 is 4.74 Å². The zero-order valence-electron chi connectivity index (χ0n) is 12.8. The van der Waals surface area contributed by atoms with E-state index in [0.29, 0.717) is 5.56 Å². The van der Waals surface area contributed by atoms with Gasteiger partial charge in [0.25, 0.3) is 0 Å². The first kappa shape index (κ1) is 17.0. The summed E-state index contributed by atoms with van der Waals surface area (Å²) >= 11 is 0. The minimum absolute atomic E-state index is 0.169. The number of hydrogen-bond donors (Lipinski definition) is 1. The number of carbonyl (C=O) groups excluding carboxylic acids is 3. The molecule has 1 aliphatic rings. The fourth-order valence-corrected chi connectivity index (χ4v) is 1.76. The van der Waals surface area contributed by atoms with Gasteiger partial charge in [0.05, 0.1) is 5.56 Å². The van der Waals surface area contributed by atoms with Crippen LogP contribution in [0.2, 0.25) is 0 Å². The van der Waals surface area contributed by atoms with Crippen molar-refractivity contribution in [2.75, 3.05) is 0 Å². The molecule has 2 aromatic carbocycles. The van der Waals surface area contributed by atoms with Gasteiger partial charge in [0.15, 0.2) is 5.78 Å². The van der Waals surface area contributed by atoms with Crippen molar-refractivity contribution in [1.82, 2.24) is 0 Å². The molecule has 0 aliphatic carbocycles. The lowest BCUT2D eigenvalue weighted by Crippen LogP contribution is -2.04. The quantitative estimate of drug-likeness (QED) is 0.306. The number of carbonyl (C=O) groups is 3. The SMILES string of the molecule is C=C1OC1=O.CC(=O)Oc1ccc(C(=O)c2ccccc2)c(O)c1. The van der Waals surface area contributed by atoms with Crippen LogP contribution in [0.4, 0.5) is 0 Å². The maximum atomic E-state index is 12.1. The number of ketones is 1. The smallest absolute Gasteiger partial charge is 0.379 e. The molecule has 1 N–H and O–H groups in total. The molecule has 0 saturated carbocycles. The van der Waals surface area contributed by atoms with E-state index in [-0.39, 0.29) is 34.6 Å². The second-order valence-electron chi connectivity index (χ2n) is 4.78. The average Bonchev–Trinajstić information content (AvgIpc) is 3.20. The monoisotopic (exact) mass is 326 g/mol. The first-order valence-corrected chi connectivity index (χ1v) is 6.90. The number of ether oxygens (including phenoxy) is 2. The Morgan fingerprint density at radius 2 is 1.71 bits per heavy atom. The summed E-state index contributed by atoms with van der Waals surface area (Å²) in [6.45, 7) is 4.44. The van der Waals surface area contributed by atoms with E-state index in [2.05, 4.69) is 11.3 Å². The summed E-state index contributed by atoms with van der Waals surface area (Å²) in [5, 5.41) is 9.82. The van der Waals surface area contributed by atoms with Gasteiger partial charge in [-0.25, -0.2) is 4.79 Å². The van der Waals surface area contributed by atoms with Gasteiger partial charge in [-0.2, -0.15) is 0 Å². The highest BCUT2D eigenvalue weighted by Crippen LogP contribution is 2.25. The Balaban J connectivity index is 0.000000355. The van der Waals surface area contributed by atoms with Crippen LogP contribution in [0.15, 0.2) is 60.9 Å². The number of phenols is 1. The zero-order valence-corrected chi connectivity index (χ0v) is 12.8. The van der Waals surface area contributed by atoms with Gasteiger partial charge in [-0.15, -0.1) is 0 Å². The first-order chi connectivity index (χ1) is 11.4. The third-order valence-corrected chi connectivity index (χ3v) is 2.91. The molecule has 0 aromatic heterocycles. The van der Waals surface area contributed by atoms with E-state index in [0.717, 1.165) is 0 Å². The molecule has 1 saturated heterocycles. The number of epoxide rings is 1. The van der Waals surface area contributed by atoms with Crippen molar-refractivity contribution in [3.8, 4) is 11.5 Å². The Labute approximate surface area is 137 Å². The number of cyclic esters (lactones) is 1. The maximum absolute atomic E-state index is 12.1. The number of esters is 1. The largest absolute Gasteiger partial charge is 0.507 e. The summed E-state index contributed by atoms with van der Waals surface area (Å²) < 4.78 is 8.91.